The first kappa shape index (κ1) is 19.0. The molecule has 1 aliphatic heterocycles. The second-order valence-electron chi connectivity index (χ2n) is 7.21. The number of rotatable bonds is 6. The van der Waals surface area contributed by atoms with E-state index in [2.05, 4.69) is 33.9 Å². The average molecular weight is 393 g/mol. The minimum Gasteiger partial charge on any atom is -0.370 e. The van der Waals surface area contributed by atoms with Crippen LogP contribution in [0, 0.1) is 0 Å². The van der Waals surface area contributed by atoms with Crippen molar-refractivity contribution in [1.82, 2.24) is 9.97 Å². The first-order chi connectivity index (χ1) is 11.7. The van der Waals surface area contributed by atoms with Gasteiger partial charge in [0.15, 0.2) is 5.16 Å². The monoisotopic (exact) mass is 392 g/mol. The highest BCUT2D eigenvalue weighted by molar-refractivity contribution is 8.00. The Bertz CT molecular complexity index is 839. The van der Waals surface area contributed by atoms with Crippen molar-refractivity contribution in [2.75, 3.05) is 11.5 Å². The first-order valence-corrected chi connectivity index (χ1v) is 11.0. The lowest BCUT2D eigenvalue weighted by Crippen LogP contribution is -2.31. The van der Waals surface area contributed by atoms with Crippen molar-refractivity contribution in [3.8, 4) is 0 Å². The van der Waals surface area contributed by atoms with Gasteiger partial charge in [-0.25, -0.2) is 9.97 Å². The Kier molecular flexibility index (Phi) is 5.63. The van der Waals surface area contributed by atoms with Crippen LogP contribution in [0.5, 0.6) is 0 Å². The zero-order chi connectivity index (χ0) is 18.2. The van der Waals surface area contributed by atoms with Gasteiger partial charge in [0.25, 0.3) is 0 Å². The fraction of sp³-hybridized carbons (Fsp3) is 0.474. The van der Waals surface area contributed by atoms with Crippen molar-refractivity contribution >= 4 is 45.1 Å². The van der Waals surface area contributed by atoms with Crippen molar-refractivity contribution in [3.05, 3.63) is 34.7 Å². The van der Waals surface area contributed by atoms with Gasteiger partial charge in [0.1, 0.15) is 5.03 Å². The van der Waals surface area contributed by atoms with Gasteiger partial charge in [-0.3, -0.25) is 0 Å². The molecule has 0 bridgehead atoms. The van der Waals surface area contributed by atoms with Gasteiger partial charge in [-0.2, -0.15) is 0 Å². The van der Waals surface area contributed by atoms with E-state index in [0.29, 0.717) is 6.61 Å². The molecule has 3 nitrogen and oxygen atoms in total. The van der Waals surface area contributed by atoms with Gasteiger partial charge in [0.2, 0.25) is 0 Å². The molecular formula is C19H24N2OS3. The summed E-state index contributed by atoms with van der Waals surface area (Å²) >= 11 is 5.20. The van der Waals surface area contributed by atoms with Crippen molar-refractivity contribution in [3.63, 3.8) is 0 Å². The Hall–Kier alpha value is -0.820. The molecule has 0 spiro atoms. The van der Waals surface area contributed by atoms with E-state index >= 15 is 0 Å². The normalized spacial score (nSPS) is 16.0. The number of fused-ring (bicyclic) bond motifs is 3. The summed E-state index contributed by atoms with van der Waals surface area (Å²) in [5, 5.41) is 1.90. The van der Waals surface area contributed by atoms with Gasteiger partial charge in [-0.05, 0) is 33.3 Å². The molecule has 0 aromatic carbocycles. The molecular weight excluding hydrogens is 368 g/mol. The molecule has 0 saturated carbocycles. The lowest BCUT2D eigenvalue weighted by molar-refractivity contribution is -0.0379. The summed E-state index contributed by atoms with van der Waals surface area (Å²) in [6, 6.07) is 0. The first-order valence-electron chi connectivity index (χ1n) is 8.26. The Morgan fingerprint density at radius 3 is 2.52 bits per heavy atom. The minimum absolute atomic E-state index is 0.137. The fourth-order valence-corrected chi connectivity index (χ4v) is 5.47. The maximum absolute atomic E-state index is 5.99. The van der Waals surface area contributed by atoms with Crippen LogP contribution >= 0.6 is 34.9 Å². The third kappa shape index (κ3) is 4.48. The molecule has 6 heteroatoms. The van der Waals surface area contributed by atoms with E-state index in [1.807, 2.05) is 6.92 Å². The lowest BCUT2D eigenvalue weighted by Gasteiger charge is -2.29. The third-order valence-electron chi connectivity index (χ3n) is 3.76. The van der Waals surface area contributed by atoms with Crippen LogP contribution in [0.4, 0.5) is 0 Å². The number of ether oxygens (including phenoxy) is 1. The van der Waals surface area contributed by atoms with Crippen LogP contribution in [0.2, 0.25) is 0 Å². The largest absolute Gasteiger partial charge is 0.370 e. The van der Waals surface area contributed by atoms with Crippen molar-refractivity contribution in [2.24, 2.45) is 0 Å². The summed E-state index contributed by atoms with van der Waals surface area (Å²) in [4.78, 5) is 11.0. The van der Waals surface area contributed by atoms with Crippen LogP contribution in [-0.4, -0.2) is 27.1 Å². The van der Waals surface area contributed by atoms with Crippen molar-refractivity contribution in [2.45, 2.75) is 56.5 Å². The lowest BCUT2D eigenvalue weighted by atomic mass is 9.95. The van der Waals surface area contributed by atoms with E-state index in [1.54, 1.807) is 34.9 Å². The molecule has 134 valence electrons. The Morgan fingerprint density at radius 2 is 1.84 bits per heavy atom. The van der Waals surface area contributed by atoms with Crippen LogP contribution in [0.25, 0.3) is 10.2 Å². The smallest absolute Gasteiger partial charge is 0.189 e. The number of thioether (sulfide) groups is 2. The molecule has 0 radical (unpaired) electrons. The van der Waals surface area contributed by atoms with Gasteiger partial charge >= 0.3 is 0 Å². The molecule has 0 atom stereocenters. The maximum Gasteiger partial charge on any atom is 0.189 e. The molecule has 3 rings (SSSR count). The van der Waals surface area contributed by atoms with Crippen molar-refractivity contribution in [1.29, 1.82) is 0 Å². The maximum atomic E-state index is 5.99. The second-order valence-corrected chi connectivity index (χ2v) is 10.2. The van der Waals surface area contributed by atoms with E-state index < -0.39 is 0 Å². The van der Waals surface area contributed by atoms with E-state index in [1.165, 1.54) is 15.1 Å². The zero-order valence-corrected chi connectivity index (χ0v) is 17.7. The molecule has 2 aromatic rings. The number of hydrogen-bond donors (Lipinski definition) is 0. The number of aromatic nitrogens is 2. The van der Waals surface area contributed by atoms with Crippen LogP contribution < -0.4 is 0 Å². The number of thiophene rings is 1. The van der Waals surface area contributed by atoms with Crippen LogP contribution in [0.1, 0.15) is 38.1 Å². The SMILES string of the molecule is C=C(C)CSc1nc(SCC(=C)C)c2sc3c(c2n1)CC(C)(C)OC3. The molecule has 3 heterocycles. The van der Waals surface area contributed by atoms with Crippen molar-refractivity contribution < 1.29 is 4.74 Å². The summed E-state index contributed by atoms with van der Waals surface area (Å²) < 4.78 is 7.18. The van der Waals surface area contributed by atoms with Crippen LogP contribution in [0.15, 0.2) is 34.5 Å². The molecule has 0 N–H and O–H groups in total. The molecule has 0 amide bonds. The van der Waals surface area contributed by atoms with Gasteiger partial charge < -0.3 is 4.74 Å². The van der Waals surface area contributed by atoms with E-state index in [9.17, 15) is 0 Å². The number of nitrogens with zero attached hydrogens (tertiary/aromatic N) is 2. The molecule has 0 aliphatic carbocycles. The molecule has 0 unspecified atom stereocenters. The number of hydrogen-bond acceptors (Lipinski definition) is 6. The highest BCUT2D eigenvalue weighted by Crippen LogP contribution is 2.42. The average Bonchev–Trinajstić information content (AvgIpc) is 2.87. The van der Waals surface area contributed by atoms with Gasteiger partial charge in [0.05, 0.1) is 22.4 Å². The molecule has 0 saturated heterocycles. The van der Waals surface area contributed by atoms with Crippen LogP contribution in [-0.2, 0) is 17.8 Å². The molecule has 25 heavy (non-hydrogen) atoms. The highest BCUT2D eigenvalue weighted by atomic mass is 32.2. The second kappa shape index (κ2) is 7.43. The summed E-state index contributed by atoms with van der Waals surface area (Å²) in [5.74, 6) is 1.72. The quantitative estimate of drug-likeness (QED) is 0.265. The van der Waals surface area contributed by atoms with E-state index in [-0.39, 0.29) is 5.60 Å². The van der Waals surface area contributed by atoms with Gasteiger partial charge in [-0.15, -0.1) is 23.1 Å². The minimum atomic E-state index is -0.137. The summed E-state index contributed by atoms with van der Waals surface area (Å²) in [7, 11) is 0. The summed E-state index contributed by atoms with van der Waals surface area (Å²) in [5.41, 5.74) is 4.60. The Balaban J connectivity index is 2.06. The van der Waals surface area contributed by atoms with Crippen LogP contribution in [0.3, 0.4) is 0 Å². The predicted octanol–water partition coefficient (Wildman–Crippen LogP) is 5.88. The summed E-state index contributed by atoms with van der Waals surface area (Å²) in [6.07, 6.45) is 0.897. The standard InChI is InChI=1S/C19H24N2OS3/c1-11(2)9-23-17-16-15(20-18(21-17)24-10-12(3)4)13-7-19(5,6)22-8-14(13)25-16/h1,3,7-10H2,2,4-6H3. The topological polar surface area (TPSA) is 35.0 Å². The fourth-order valence-electron chi connectivity index (χ4n) is 2.60. The van der Waals surface area contributed by atoms with Gasteiger partial charge in [0, 0.05) is 22.8 Å². The molecule has 1 aliphatic rings. The predicted molar refractivity (Wildman–Crippen MR) is 111 cm³/mol. The molecule has 0 fully saturated rings. The summed E-state index contributed by atoms with van der Waals surface area (Å²) in [6.45, 7) is 17.1. The van der Waals surface area contributed by atoms with E-state index in [4.69, 9.17) is 14.7 Å². The Labute approximate surface area is 162 Å². The van der Waals surface area contributed by atoms with E-state index in [0.717, 1.165) is 44.8 Å². The highest BCUT2D eigenvalue weighted by Gasteiger charge is 2.30. The molecule has 2 aromatic heterocycles. The Morgan fingerprint density at radius 1 is 1.16 bits per heavy atom. The zero-order valence-electron chi connectivity index (χ0n) is 15.3. The third-order valence-corrected chi connectivity index (χ3v) is 7.38. The van der Waals surface area contributed by atoms with Gasteiger partial charge in [-0.1, -0.05) is 36.1 Å².